The largest absolute Gasteiger partial charge is 0.507 e. The Hall–Kier alpha value is -3.07. The van der Waals surface area contributed by atoms with Crippen molar-refractivity contribution < 1.29 is 24.3 Å². The van der Waals surface area contributed by atoms with Crippen LogP contribution >= 0.6 is 11.6 Å². The number of benzene rings is 2. The normalized spacial score (nSPS) is 16.6. The van der Waals surface area contributed by atoms with Gasteiger partial charge in [-0.3, -0.25) is 9.69 Å². The molecule has 0 saturated carbocycles. The monoisotopic (exact) mass is 469 g/mol. The molecule has 2 aliphatic heterocycles. The highest BCUT2D eigenvalue weighted by Gasteiger charge is 2.29. The van der Waals surface area contributed by atoms with Gasteiger partial charge in [-0.1, -0.05) is 28.9 Å². The van der Waals surface area contributed by atoms with Crippen molar-refractivity contribution in [2.45, 2.75) is 19.5 Å². The van der Waals surface area contributed by atoms with E-state index in [-0.39, 0.29) is 22.4 Å². The molecule has 0 unspecified atom stereocenters. The number of phenolic OH excluding ortho intramolecular Hbond substituents is 2. The van der Waals surface area contributed by atoms with E-state index in [9.17, 15) is 15.0 Å². The van der Waals surface area contributed by atoms with Crippen LogP contribution in [0.5, 0.6) is 11.5 Å². The summed E-state index contributed by atoms with van der Waals surface area (Å²) < 4.78 is 10.9. The molecule has 5 rings (SSSR count). The summed E-state index contributed by atoms with van der Waals surface area (Å²) in [7, 11) is 0. The van der Waals surface area contributed by atoms with Gasteiger partial charge in [0.25, 0.3) is 5.91 Å². The Labute approximate surface area is 195 Å². The molecule has 9 heteroatoms. The molecule has 2 aromatic carbocycles. The maximum Gasteiger partial charge on any atom is 0.254 e. The van der Waals surface area contributed by atoms with Crippen LogP contribution in [0.4, 0.5) is 0 Å². The van der Waals surface area contributed by atoms with Crippen molar-refractivity contribution in [2.75, 3.05) is 32.8 Å². The van der Waals surface area contributed by atoms with Crippen molar-refractivity contribution >= 4 is 17.5 Å². The average molecular weight is 470 g/mol. The third-order valence-electron chi connectivity index (χ3n) is 6.14. The molecule has 33 heavy (non-hydrogen) atoms. The first-order chi connectivity index (χ1) is 16.0. The lowest BCUT2D eigenvalue weighted by molar-refractivity contribution is 0.0342. The van der Waals surface area contributed by atoms with Gasteiger partial charge in [-0.2, -0.15) is 0 Å². The third-order valence-corrected chi connectivity index (χ3v) is 6.45. The van der Waals surface area contributed by atoms with Gasteiger partial charge in [-0.25, -0.2) is 0 Å². The molecule has 1 aromatic heterocycles. The van der Waals surface area contributed by atoms with Crippen LogP contribution in [0.15, 0.2) is 40.9 Å². The quantitative estimate of drug-likeness (QED) is 0.603. The zero-order chi connectivity index (χ0) is 22.9. The molecule has 0 atom stereocenters. The summed E-state index contributed by atoms with van der Waals surface area (Å²) in [6.07, 6.45) is 0.548. The van der Waals surface area contributed by atoms with Gasteiger partial charge < -0.3 is 24.4 Å². The fraction of sp³-hybridized carbons (Fsp3) is 0.333. The summed E-state index contributed by atoms with van der Waals surface area (Å²) in [4.78, 5) is 17.3. The number of morpholine rings is 1. The molecule has 3 heterocycles. The Balaban J connectivity index is 1.32. The van der Waals surface area contributed by atoms with Crippen molar-refractivity contribution in [2.24, 2.45) is 0 Å². The molecular weight excluding hydrogens is 446 g/mol. The van der Waals surface area contributed by atoms with Crippen LogP contribution in [-0.2, 0) is 24.2 Å². The van der Waals surface area contributed by atoms with Crippen molar-refractivity contribution in [3.8, 4) is 22.8 Å². The average Bonchev–Trinajstić information content (AvgIpc) is 3.25. The van der Waals surface area contributed by atoms with E-state index in [1.807, 2.05) is 24.3 Å². The van der Waals surface area contributed by atoms with E-state index in [1.165, 1.54) is 6.07 Å². The summed E-state index contributed by atoms with van der Waals surface area (Å²) in [5, 5.41) is 24.2. The standard InChI is InChI=1S/C24H24ClN3O5/c25-19-11-17(21(29)12-22(19)30)23-18-14-28(6-5-20(18)26-33-23)24(31)16-3-1-15(2-4-16)13-27-7-9-32-10-8-27/h1-4,11-12,29-30H,5-10,13-14H2. The second-order valence-corrected chi connectivity index (χ2v) is 8.73. The molecule has 0 aliphatic carbocycles. The highest BCUT2D eigenvalue weighted by atomic mass is 35.5. The van der Waals surface area contributed by atoms with E-state index in [0.717, 1.165) is 55.7 Å². The topological polar surface area (TPSA) is 99.3 Å². The molecule has 172 valence electrons. The maximum atomic E-state index is 13.2. The van der Waals surface area contributed by atoms with Gasteiger partial charge in [0.05, 0.1) is 36.0 Å². The van der Waals surface area contributed by atoms with Gasteiger partial charge in [0.15, 0.2) is 5.76 Å². The Kier molecular flexibility index (Phi) is 5.97. The fourth-order valence-corrected chi connectivity index (χ4v) is 4.45. The summed E-state index contributed by atoms with van der Waals surface area (Å²) >= 11 is 6.02. The molecule has 1 amide bonds. The van der Waals surface area contributed by atoms with Crippen LogP contribution in [0, 0.1) is 0 Å². The molecule has 0 spiro atoms. The number of phenols is 2. The second kappa shape index (κ2) is 9.05. The lowest BCUT2D eigenvalue weighted by atomic mass is 10.00. The van der Waals surface area contributed by atoms with Gasteiger partial charge in [-0.05, 0) is 23.8 Å². The summed E-state index contributed by atoms with van der Waals surface area (Å²) in [6.45, 7) is 5.02. The first kappa shape index (κ1) is 21.8. The number of hydrogen-bond donors (Lipinski definition) is 2. The Bertz CT molecular complexity index is 1170. The van der Waals surface area contributed by atoms with Gasteiger partial charge in [0, 0.05) is 49.8 Å². The highest BCUT2D eigenvalue weighted by Crippen LogP contribution is 2.40. The molecule has 0 radical (unpaired) electrons. The number of hydrogen-bond acceptors (Lipinski definition) is 7. The zero-order valence-electron chi connectivity index (χ0n) is 18.0. The predicted octanol–water partition coefficient (Wildman–Crippen LogP) is 3.44. The van der Waals surface area contributed by atoms with Gasteiger partial charge in [0.1, 0.15) is 11.5 Å². The number of amides is 1. The van der Waals surface area contributed by atoms with E-state index < -0.39 is 0 Å². The number of fused-ring (bicyclic) bond motifs is 1. The van der Waals surface area contributed by atoms with Crippen molar-refractivity contribution in [1.29, 1.82) is 0 Å². The van der Waals surface area contributed by atoms with E-state index >= 15 is 0 Å². The number of carbonyl (C=O) groups is 1. The van der Waals surface area contributed by atoms with Crippen molar-refractivity contribution in [1.82, 2.24) is 15.0 Å². The number of nitrogens with zero attached hydrogens (tertiary/aromatic N) is 3. The van der Waals surface area contributed by atoms with Gasteiger partial charge in [-0.15, -0.1) is 0 Å². The molecule has 1 saturated heterocycles. The Morgan fingerprint density at radius 1 is 1.06 bits per heavy atom. The molecule has 8 nitrogen and oxygen atoms in total. The lowest BCUT2D eigenvalue weighted by Crippen LogP contribution is -2.36. The van der Waals surface area contributed by atoms with Crippen LogP contribution in [0.3, 0.4) is 0 Å². The lowest BCUT2D eigenvalue weighted by Gasteiger charge is -2.27. The van der Waals surface area contributed by atoms with Crippen molar-refractivity contribution in [3.05, 3.63) is 63.8 Å². The number of carbonyl (C=O) groups excluding carboxylic acids is 1. The number of ether oxygens (including phenoxy) is 1. The second-order valence-electron chi connectivity index (χ2n) is 8.32. The van der Waals surface area contributed by atoms with Crippen LogP contribution in [0.1, 0.15) is 27.2 Å². The Morgan fingerprint density at radius 2 is 1.82 bits per heavy atom. The first-order valence-corrected chi connectivity index (χ1v) is 11.2. The van der Waals surface area contributed by atoms with Crippen LogP contribution in [-0.4, -0.2) is 63.9 Å². The molecule has 3 aromatic rings. The number of aromatic hydroxyl groups is 2. The zero-order valence-corrected chi connectivity index (χ0v) is 18.7. The van der Waals surface area contributed by atoms with Gasteiger partial charge in [0.2, 0.25) is 0 Å². The van der Waals surface area contributed by atoms with Crippen LogP contribution in [0.25, 0.3) is 11.3 Å². The minimum absolute atomic E-state index is 0.0707. The number of rotatable bonds is 4. The highest BCUT2D eigenvalue weighted by molar-refractivity contribution is 6.32. The van der Waals surface area contributed by atoms with E-state index in [0.29, 0.717) is 36.4 Å². The third kappa shape index (κ3) is 4.42. The summed E-state index contributed by atoms with van der Waals surface area (Å²) in [5.41, 5.74) is 3.59. The van der Waals surface area contributed by atoms with Crippen LogP contribution < -0.4 is 0 Å². The Morgan fingerprint density at radius 3 is 2.58 bits per heavy atom. The van der Waals surface area contributed by atoms with E-state index in [4.69, 9.17) is 20.9 Å². The van der Waals surface area contributed by atoms with E-state index in [1.54, 1.807) is 4.90 Å². The molecule has 1 fully saturated rings. The predicted molar refractivity (Wildman–Crippen MR) is 121 cm³/mol. The van der Waals surface area contributed by atoms with Crippen LogP contribution in [0.2, 0.25) is 5.02 Å². The molecule has 0 bridgehead atoms. The minimum Gasteiger partial charge on any atom is -0.507 e. The molecular formula is C24H24ClN3O5. The smallest absolute Gasteiger partial charge is 0.254 e. The SMILES string of the molecule is O=C(c1ccc(CN2CCOCC2)cc1)N1CCc2noc(-c3cc(Cl)c(O)cc3O)c2C1. The van der Waals surface area contributed by atoms with Gasteiger partial charge >= 0.3 is 0 Å². The minimum atomic E-state index is -0.222. The van der Waals surface area contributed by atoms with Crippen molar-refractivity contribution in [3.63, 3.8) is 0 Å². The fourth-order valence-electron chi connectivity index (χ4n) is 4.28. The maximum absolute atomic E-state index is 13.2. The summed E-state index contributed by atoms with van der Waals surface area (Å²) in [6, 6.07) is 10.3. The number of aromatic nitrogens is 1. The molecule has 2 aliphatic rings. The number of halogens is 1. The van der Waals surface area contributed by atoms with E-state index in [2.05, 4.69) is 10.1 Å². The first-order valence-electron chi connectivity index (χ1n) is 10.9. The molecule has 2 N–H and O–H groups in total. The summed E-state index contributed by atoms with van der Waals surface area (Å²) in [5.74, 6) is -0.114.